The lowest BCUT2D eigenvalue weighted by atomic mass is 9.95. The minimum Gasteiger partial charge on any atom is -0.481 e. The van der Waals surface area contributed by atoms with E-state index in [4.69, 9.17) is 9.84 Å². The lowest BCUT2D eigenvalue weighted by molar-refractivity contribution is -0.159. The largest absolute Gasteiger partial charge is 0.481 e. The van der Waals surface area contributed by atoms with Crippen LogP contribution in [-0.2, 0) is 14.3 Å². The Morgan fingerprint density at radius 2 is 1.74 bits per heavy atom. The minimum atomic E-state index is -1.02. The number of carbonyl (C=O) groups is 2. The number of hydrogen-bond donors (Lipinski definition) is 1. The summed E-state index contributed by atoms with van der Waals surface area (Å²) < 4.78 is 5.28. The fourth-order valence-corrected chi connectivity index (χ4v) is 1.68. The molecular weight excluding hydrogens is 244 g/mol. The molecule has 1 rings (SSSR count). The first kappa shape index (κ1) is 15.2. The van der Waals surface area contributed by atoms with E-state index in [1.54, 1.807) is 32.9 Å². The van der Waals surface area contributed by atoms with Crippen LogP contribution in [0.2, 0.25) is 0 Å². The molecule has 4 heteroatoms. The summed E-state index contributed by atoms with van der Waals surface area (Å²) in [7, 11) is 0. The monoisotopic (exact) mass is 264 g/mol. The fourth-order valence-electron chi connectivity index (χ4n) is 1.68. The van der Waals surface area contributed by atoms with Crippen LogP contribution in [0, 0.1) is 6.92 Å². The maximum atomic E-state index is 12.1. The van der Waals surface area contributed by atoms with Gasteiger partial charge in [-0.2, -0.15) is 0 Å². The summed E-state index contributed by atoms with van der Waals surface area (Å²) in [5.41, 5.74) is 1.10. The van der Waals surface area contributed by atoms with Crippen LogP contribution in [0.1, 0.15) is 44.2 Å². The summed E-state index contributed by atoms with van der Waals surface area (Å²) >= 11 is 0. The molecule has 0 aliphatic carbocycles. The van der Waals surface area contributed by atoms with Crippen LogP contribution in [0.25, 0.3) is 0 Å². The topological polar surface area (TPSA) is 63.6 Å². The molecule has 1 atom stereocenters. The molecule has 1 aromatic carbocycles. The lowest BCUT2D eigenvalue weighted by Gasteiger charge is -2.23. The van der Waals surface area contributed by atoms with Crippen LogP contribution >= 0.6 is 0 Å². The van der Waals surface area contributed by atoms with E-state index in [1.807, 2.05) is 19.1 Å². The van der Waals surface area contributed by atoms with Gasteiger partial charge in [0.25, 0.3) is 0 Å². The highest BCUT2D eigenvalue weighted by Crippen LogP contribution is 2.24. The molecule has 4 nitrogen and oxygen atoms in total. The van der Waals surface area contributed by atoms with Crippen LogP contribution < -0.4 is 0 Å². The van der Waals surface area contributed by atoms with E-state index in [1.165, 1.54) is 0 Å². The van der Waals surface area contributed by atoms with Crippen molar-refractivity contribution in [1.29, 1.82) is 0 Å². The van der Waals surface area contributed by atoms with E-state index >= 15 is 0 Å². The fraction of sp³-hybridized carbons (Fsp3) is 0.467. The second-order valence-electron chi connectivity index (χ2n) is 5.59. The van der Waals surface area contributed by atoms with Gasteiger partial charge in [0.05, 0.1) is 12.3 Å². The zero-order valence-electron chi connectivity index (χ0n) is 11.8. The van der Waals surface area contributed by atoms with Crippen molar-refractivity contribution >= 4 is 11.9 Å². The third kappa shape index (κ3) is 5.12. The van der Waals surface area contributed by atoms with Gasteiger partial charge in [-0.25, -0.2) is 0 Å². The number of hydrogen-bond acceptors (Lipinski definition) is 3. The molecule has 0 amide bonds. The van der Waals surface area contributed by atoms with E-state index in [0.29, 0.717) is 5.56 Å². The third-order valence-corrected chi connectivity index (χ3v) is 2.55. The van der Waals surface area contributed by atoms with Crippen molar-refractivity contribution < 1.29 is 19.4 Å². The number of aryl methyl sites for hydroxylation is 1. The molecule has 0 fully saturated rings. The highest BCUT2D eigenvalue weighted by atomic mass is 16.6. The average Bonchev–Trinajstić information content (AvgIpc) is 2.24. The molecule has 1 aromatic rings. The Kier molecular flexibility index (Phi) is 4.70. The summed E-state index contributed by atoms with van der Waals surface area (Å²) in [5, 5.41) is 8.94. The summed E-state index contributed by atoms with van der Waals surface area (Å²) in [6, 6.07) is 7.25. The second kappa shape index (κ2) is 5.87. The van der Waals surface area contributed by atoms with Gasteiger partial charge in [-0.05, 0) is 33.3 Å². The Balaban J connectivity index is 2.97. The van der Waals surface area contributed by atoms with Crippen LogP contribution in [0.15, 0.2) is 24.3 Å². The number of esters is 1. The van der Waals surface area contributed by atoms with E-state index in [9.17, 15) is 9.59 Å². The van der Waals surface area contributed by atoms with Crippen LogP contribution in [0.4, 0.5) is 0 Å². The summed E-state index contributed by atoms with van der Waals surface area (Å²) in [6.45, 7) is 7.22. The molecule has 104 valence electrons. The van der Waals surface area contributed by atoms with Gasteiger partial charge in [0.2, 0.25) is 0 Å². The SMILES string of the molecule is Cc1ccc(C(CC(=O)O)C(=O)OC(C)(C)C)cc1. The Morgan fingerprint density at radius 3 is 2.16 bits per heavy atom. The van der Waals surface area contributed by atoms with Crippen molar-refractivity contribution in [2.24, 2.45) is 0 Å². The van der Waals surface area contributed by atoms with Gasteiger partial charge >= 0.3 is 11.9 Å². The van der Waals surface area contributed by atoms with Crippen LogP contribution in [0.3, 0.4) is 0 Å². The van der Waals surface area contributed by atoms with Crippen molar-refractivity contribution in [1.82, 2.24) is 0 Å². The zero-order chi connectivity index (χ0) is 14.6. The molecule has 0 spiro atoms. The molecule has 0 aliphatic rings. The molecule has 0 saturated carbocycles. The standard InChI is InChI=1S/C15H20O4/c1-10-5-7-11(8-6-10)12(9-13(16)17)14(18)19-15(2,3)4/h5-8,12H,9H2,1-4H3,(H,16,17). The highest BCUT2D eigenvalue weighted by Gasteiger charge is 2.28. The van der Waals surface area contributed by atoms with Crippen molar-refractivity contribution in [3.05, 3.63) is 35.4 Å². The normalized spacial score (nSPS) is 12.8. The van der Waals surface area contributed by atoms with Gasteiger partial charge in [-0.1, -0.05) is 29.8 Å². The van der Waals surface area contributed by atoms with Crippen molar-refractivity contribution in [2.75, 3.05) is 0 Å². The predicted octanol–water partition coefficient (Wildman–Crippen LogP) is 2.90. The van der Waals surface area contributed by atoms with Crippen LogP contribution in [-0.4, -0.2) is 22.6 Å². The van der Waals surface area contributed by atoms with Gasteiger partial charge < -0.3 is 9.84 Å². The summed E-state index contributed by atoms with van der Waals surface area (Å²) in [6.07, 6.45) is -0.266. The maximum Gasteiger partial charge on any atom is 0.314 e. The van der Waals surface area contributed by atoms with E-state index < -0.39 is 23.5 Å². The molecule has 1 unspecified atom stereocenters. The summed E-state index contributed by atoms with van der Waals surface area (Å²) in [5.74, 6) is -2.28. The number of aliphatic carboxylic acids is 1. The van der Waals surface area contributed by atoms with Crippen molar-refractivity contribution in [3.8, 4) is 0 Å². The second-order valence-corrected chi connectivity index (χ2v) is 5.59. The van der Waals surface area contributed by atoms with E-state index in [-0.39, 0.29) is 6.42 Å². The first-order valence-corrected chi connectivity index (χ1v) is 6.20. The average molecular weight is 264 g/mol. The molecule has 19 heavy (non-hydrogen) atoms. The van der Waals surface area contributed by atoms with E-state index in [0.717, 1.165) is 5.56 Å². The first-order chi connectivity index (χ1) is 8.69. The van der Waals surface area contributed by atoms with Gasteiger partial charge in [0, 0.05) is 0 Å². The van der Waals surface area contributed by atoms with E-state index in [2.05, 4.69) is 0 Å². The number of benzene rings is 1. The lowest BCUT2D eigenvalue weighted by Crippen LogP contribution is -2.28. The van der Waals surface area contributed by atoms with Gasteiger partial charge in [-0.3, -0.25) is 9.59 Å². The highest BCUT2D eigenvalue weighted by molar-refractivity contribution is 5.84. The molecule has 0 aromatic heterocycles. The molecular formula is C15H20O4. The quantitative estimate of drug-likeness (QED) is 0.849. The molecule has 0 saturated heterocycles. The molecule has 0 heterocycles. The number of rotatable bonds is 4. The minimum absolute atomic E-state index is 0.266. The number of carboxylic acids is 1. The smallest absolute Gasteiger partial charge is 0.314 e. The number of carbonyl (C=O) groups excluding carboxylic acids is 1. The summed E-state index contributed by atoms with van der Waals surface area (Å²) in [4.78, 5) is 23.0. The maximum absolute atomic E-state index is 12.1. The molecule has 0 aliphatic heterocycles. The Morgan fingerprint density at radius 1 is 1.21 bits per heavy atom. The third-order valence-electron chi connectivity index (χ3n) is 2.55. The number of carboxylic acid groups (broad SMARTS) is 1. The predicted molar refractivity (Wildman–Crippen MR) is 72.0 cm³/mol. The van der Waals surface area contributed by atoms with Gasteiger partial charge in [0.15, 0.2) is 0 Å². The van der Waals surface area contributed by atoms with Gasteiger partial charge in [-0.15, -0.1) is 0 Å². The van der Waals surface area contributed by atoms with Crippen molar-refractivity contribution in [2.45, 2.75) is 45.6 Å². The zero-order valence-corrected chi connectivity index (χ0v) is 11.8. The molecule has 0 bridgehead atoms. The van der Waals surface area contributed by atoms with Crippen molar-refractivity contribution in [3.63, 3.8) is 0 Å². The molecule has 1 N–H and O–H groups in total. The Bertz CT molecular complexity index is 454. The van der Waals surface area contributed by atoms with Crippen LogP contribution in [0.5, 0.6) is 0 Å². The molecule has 0 radical (unpaired) electrons. The van der Waals surface area contributed by atoms with Gasteiger partial charge in [0.1, 0.15) is 5.60 Å². The Hall–Kier alpha value is -1.84. The number of ether oxygens (including phenoxy) is 1. The Labute approximate surface area is 113 Å². The first-order valence-electron chi connectivity index (χ1n) is 6.20.